The summed E-state index contributed by atoms with van der Waals surface area (Å²) >= 11 is 0. The minimum absolute atomic E-state index is 0. The molecule has 3 aliphatic carbocycles. The Hall–Kier alpha value is -1.61. The third kappa shape index (κ3) is 3.14. The van der Waals surface area contributed by atoms with Crippen molar-refractivity contribution in [3.8, 4) is 0 Å². The van der Waals surface area contributed by atoms with Gasteiger partial charge in [-0.05, 0) is 85.9 Å². The third-order valence-electron chi connectivity index (χ3n) is 7.92. The van der Waals surface area contributed by atoms with E-state index in [1.807, 2.05) is 0 Å². The van der Waals surface area contributed by atoms with E-state index < -0.39 is 0 Å². The van der Waals surface area contributed by atoms with E-state index in [1.165, 1.54) is 62.9 Å². The molecule has 3 heteroatoms. The van der Waals surface area contributed by atoms with Gasteiger partial charge in [0.15, 0.2) is 0 Å². The number of nitrogens with one attached hydrogen (secondary N) is 1. The van der Waals surface area contributed by atoms with Crippen molar-refractivity contribution in [3.05, 3.63) is 47.5 Å². The van der Waals surface area contributed by atoms with E-state index in [2.05, 4.69) is 46.6 Å². The molecular weight excluding hydrogens is 332 g/mol. The maximum Gasteiger partial charge on any atom is 0.217 e. The van der Waals surface area contributed by atoms with Crippen molar-refractivity contribution in [1.29, 1.82) is 0 Å². The highest BCUT2D eigenvalue weighted by molar-refractivity contribution is 5.73. The minimum Gasteiger partial charge on any atom is -0.350 e. The average Bonchev–Trinajstić information content (AvgIpc) is 3.29. The molecule has 0 radical (unpaired) electrons. The molecule has 146 valence electrons. The number of allylic oxidation sites excluding steroid dienone is 2. The number of likely N-dealkylation sites (tertiary alicyclic amines) is 1. The Morgan fingerprint density at radius 3 is 2.70 bits per heavy atom. The Kier molecular flexibility index (Phi) is 4.39. The molecule has 2 fully saturated rings. The zero-order chi connectivity index (χ0) is 18.4. The third-order valence-corrected chi connectivity index (χ3v) is 7.92. The number of rotatable bonds is 3. The van der Waals surface area contributed by atoms with Gasteiger partial charge in [-0.2, -0.15) is 0 Å². The molecule has 2 bridgehead atoms. The predicted octanol–water partition coefficient (Wildman–Crippen LogP) is 4.45. The van der Waals surface area contributed by atoms with Crippen LogP contribution in [0.15, 0.2) is 36.4 Å². The average molecular weight is 367 g/mol. The van der Waals surface area contributed by atoms with Crippen LogP contribution in [0, 0.1) is 17.8 Å². The van der Waals surface area contributed by atoms with Gasteiger partial charge in [-0.15, -0.1) is 0 Å². The standard InChI is InChI=1S/C24H32N2O.H2/c1-17(27)25-23-8-9-24(22-5-3-2-4-21(22)23)10-12-26(13-11-24)16-20-15-18-6-7-19(20)14-18;/h2-7,18-20,23H,8-16H2,1H3,(H,25,27);1H/t18?,19?,20-,23+;/m0./s1. The number of piperidine rings is 1. The summed E-state index contributed by atoms with van der Waals surface area (Å²) in [5, 5.41) is 3.18. The highest BCUT2D eigenvalue weighted by Gasteiger charge is 2.43. The van der Waals surface area contributed by atoms with E-state index in [1.54, 1.807) is 6.92 Å². The summed E-state index contributed by atoms with van der Waals surface area (Å²) in [6.45, 7) is 5.40. The van der Waals surface area contributed by atoms with Crippen molar-refractivity contribution in [3.63, 3.8) is 0 Å². The Morgan fingerprint density at radius 1 is 1.19 bits per heavy atom. The summed E-state index contributed by atoms with van der Waals surface area (Å²) in [7, 11) is 0. The van der Waals surface area contributed by atoms with E-state index in [0.29, 0.717) is 5.41 Å². The molecule has 1 aromatic carbocycles. The smallest absolute Gasteiger partial charge is 0.217 e. The second-order valence-electron chi connectivity index (χ2n) is 9.50. The van der Waals surface area contributed by atoms with Crippen LogP contribution in [0.3, 0.4) is 0 Å². The largest absolute Gasteiger partial charge is 0.350 e. The number of benzene rings is 1. The van der Waals surface area contributed by atoms with Gasteiger partial charge in [0.1, 0.15) is 0 Å². The molecular formula is C24H34N2O. The van der Waals surface area contributed by atoms with E-state index in [4.69, 9.17) is 0 Å². The van der Waals surface area contributed by atoms with Crippen LogP contribution in [0.5, 0.6) is 0 Å². The second kappa shape index (κ2) is 6.77. The number of nitrogens with zero attached hydrogens (tertiary/aromatic N) is 1. The lowest BCUT2D eigenvalue weighted by atomic mass is 9.63. The molecule has 5 rings (SSSR count). The fraction of sp³-hybridized carbons (Fsp3) is 0.625. The lowest BCUT2D eigenvalue weighted by Gasteiger charge is -2.48. The summed E-state index contributed by atoms with van der Waals surface area (Å²) in [6.07, 6.45) is 12.6. The zero-order valence-corrected chi connectivity index (χ0v) is 16.5. The number of fused-ring (bicyclic) bond motifs is 4. The Bertz CT molecular complexity index is 753. The molecule has 1 amide bonds. The summed E-state index contributed by atoms with van der Waals surface area (Å²) in [4.78, 5) is 14.4. The van der Waals surface area contributed by atoms with Crippen LogP contribution >= 0.6 is 0 Å². The molecule has 1 saturated heterocycles. The first-order valence-corrected chi connectivity index (χ1v) is 10.9. The maximum atomic E-state index is 11.6. The zero-order valence-electron chi connectivity index (χ0n) is 16.5. The molecule has 1 spiro atoms. The number of carbonyl (C=O) groups excluding carboxylic acids is 1. The second-order valence-corrected chi connectivity index (χ2v) is 9.50. The van der Waals surface area contributed by atoms with Crippen molar-refractivity contribution in [2.45, 2.75) is 56.9 Å². The van der Waals surface area contributed by atoms with Gasteiger partial charge in [-0.25, -0.2) is 0 Å². The molecule has 1 aliphatic heterocycles. The van der Waals surface area contributed by atoms with Gasteiger partial charge >= 0.3 is 0 Å². The van der Waals surface area contributed by atoms with Gasteiger partial charge in [0.2, 0.25) is 5.91 Å². The molecule has 1 N–H and O–H groups in total. The Morgan fingerprint density at radius 2 is 2.00 bits per heavy atom. The highest BCUT2D eigenvalue weighted by atomic mass is 16.1. The van der Waals surface area contributed by atoms with Gasteiger partial charge in [0, 0.05) is 14.9 Å². The fourth-order valence-electron chi connectivity index (χ4n) is 6.51. The maximum absolute atomic E-state index is 11.6. The molecule has 1 saturated carbocycles. The first kappa shape index (κ1) is 17.5. The van der Waals surface area contributed by atoms with Crippen molar-refractivity contribution in [2.75, 3.05) is 19.6 Å². The summed E-state index contributed by atoms with van der Waals surface area (Å²) in [6, 6.07) is 9.09. The number of hydrogen-bond acceptors (Lipinski definition) is 2. The lowest BCUT2D eigenvalue weighted by molar-refractivity contribution is -0.119. The molecule has 4 aliphatic rings. The van der Waals surface area contributed by atoms with E-state index in [0.717, 1.165) is 24.2 Å². The van der Waals surface area contributed by atoms with Gasteiger partial charge in [-0.3, -0.25) is 4.79 Å². The fourth-order valence-corrected chi connectivity index (χ4v) is 6.51. The molecule has 2 unspecified atom stereocenters. The summed E-state index contributed by atoms with van der Waals surface area (Å²) < 4.78 is 0. The first-order valence-electron chi connectivity index (χ1n) is 10.9. The predicted molar refractivity (Wildman–Crippen MR) is 111 cm³/mol. The van der Waals surface area contributed by atoms with Crippen molar-refractivity contribution in [1.82, 2.24) is 10.2 Å². The molecule has 4 atom stereocenters. The summed E-state index contributed by atoms with van der Waals surface area (Å²) in [5.41, 5.74) is 3.21. The Balaban J connectivity index is 0.00000192. The van der Waals surface area contributed by atoms with Crippen LogP contribution in [0.2, 0.25) is 0 Å². The topological polar surface area (TPSA) is 32.3 Å². The van der Waals surface area contributed by atoms with Crippen LogP contribution in [0.25, 0.3) is 0 Å². The minimum atomic E-state index is 0. The number of amides is 1. The van der Waals surface area contributed by atoms with Gasteiger partial charge in [0.25, 0.3) is 0 Å². The number of carbonyl (C=O) groups is 1. The van der Waals surface area contributed by atoms with Gasteiger partial charge in [0.05, 0.1) is 6.04 Å². The van der Waals surface area contributed by atoms with Gasteiger partial charge < -0.3 is 10.2 Å². The van der Waals surface area contributed by atoms with E-state index in [9.17, 15) is 4.79 Å². The highest BCUT2D eigenvalue weighted by Crippen LogP contribution is 2.49. The lowest BCUT2D eigenvalue weighted by Crippen LogP contribution is -2.47. The van der Waals surface area contributed by atoms with Crippen LogP contribution in [-0.4, -0.2) is 30.4 Å². The van der Waals surface area contributed by atoms with Crippen LogP contribution in [0.1, 0.15) is 64.0 Å². The molecule has 1 heterocycles. The van der Waals surface area contributed by atoms with Crippen LogP contribution in [0.4, 0.5) is 0 Å². The Labute approximate surface area is 164 Å². The quantitative estimate of drug-likeness (QED) is 0.802. The van der Waals surface area contributed by atoms with Gasteiger partial charge in [-0.1, -0.05) is 36.4 Å². The molecule has 3 nitrogen and oxygen atoms in total. The van der Waals surface area contributed by atoms with Crippen molar-refractivity contribution < 1.29 is 6.22 Å². The normalized spacial score (nSPS) is 34.0. The van der Waals surface area contributed by atoms with E-state index in [-0.39, 0.29) is 13.4 Å². The van der Waals surface area contributed by atoms with Crippen molar-refractivity contribution in [2.24, 2.45) is 17.8 Å². The van der Waals surface area contributed by atoms with Crippen LogP contribution in [-0.2, 0) is 10.2 Å². The van der Waals surface area contributed by atoms with Crippen LogP contribution < -0.4 is 5.32 Å². The van der Waals surface area contributed by atoms with E-state index >= 15 is 0 Å². The molecule has 27 heavy (non-hydrogen) atoms. The SMILES string of the molecule is CC(=O)N[C@@H]1CCC2(CCN(C[C@@H]3CC4C=CC3C4)CC2)c2ccccc21.[HH]. The first-order chi connectivity index (χ1) is 13.1. The molecule has 1 aromatic rings. The monoisotopic (exact) mass is 366 g/mol. The van der Waals surface area contributed by atoms with Crippen molar-refractivity contribution >= 4 is 5.91 Å². The molecule has 0 aromatic heterocycles. The number of hydrogen-bond donors (Lipinski definition) is 1. The summed E-state index contributed by atoms with van der Waals surface area (Å²) in [5.74, 6) is 2.73.